The summed E-state index contributed by atoms with van der Waals surface area (Å²) in [6, 6.07) is 16.1. The number of hydrogen-bond donors (Lipinski definition) is 0. The zero-order valence-electron chi connectivity index (χ0n) is 9.24. The molecule has 0 saturated carbocycles. The van der Waals surface area contributed by atoms with Crippen LogP contribution >= 0.6 is 0 Å². The molecule has 0 spiro atoms. The molecule has 0 aliphatic heterocycles. The molecule has 0 saturated heterocycles. The molecule has 2 heterocycles. The van der Waals surface area contributed by atoms with Crippen molar-refractivity contribution in [2.45, 2.75) is 6.42 Å². The number of hydrogen-bond acceptors (Lipinski definition) is 3. The van der Waals surface area contributed by atoms with Crippen molar-refractivity contribution in [3.05, 3.63) is 66.1 Å². The van der Waals surface area contributed by atoms with Crippen LogP contribution in [0.1, 0.15) is 11.4 Å². The molecule has 3 heteroatoms. The molecule has 0 radical (unpaired) electrons. The number of aromatic nitrogens is 3. The molecule has 0 amide bonds. The predicted molar refractivity (Wildman–Crippen MR) is 66.6 cm³/mol. The molecule has 1 aromatic carbocycles. The monoisotopic (exact) mass is 221 g/mol. The fraction of sp³-hybridized carbons (Fsp3) is 0.0714. The van der Waals surface area contributed by atoms with E-state index < -0.39 is 0 Å². The molecular weight excluding hydrogens is 210 g/mol. The first-order valence-corrected chi connectivity index (χ1v) is 5.53. The second-order valence-corrected chi connectivity index (χ2v) is 3.89. The molecule has 0 unspecified atom stereocenters. The van der Waals surface area contributed by atoms with E-state index in [0.717, 1.165) is 28.7 Å². The molecule has 2 aromatic heterocycles. The van der Waals surface area contributed by atoms with Crippen LogP contribution in [-0.2, 0) is 6.42 Å². The maximum absolute atomic E-state index is 4.60. The zero-order valence-corrected chi connectivity index (χ0v) is 9.24. The third-order valence-electron chi connectivity index (χ3n) is 2.65. The summed E-state index contributed by atoms with van der Waals surface area (Å²) in [5.74, 6) is 0. The van der Waals surface area contributed by atoms with Gasteiger partial charge in [0.05, 0.1) is 11.2 Å². The second kappa shape index (κ2) is 4.29. The van der Waals surface area contributed by atoms with Crippen LogP contribution in [0.2, 0.25) is 0 Å². The number of nitrogens with zero attached hydrogens (tertiary/aromatic N) is 3. The van der Waals surface area contributed by atoms with Crippen molar-refractivity contribution >= 4 is 10.9 Å². The first-order valence-electron chi connectivity index (χ1n) is 5.53. The molecule has 0 aliphatic rings. The molecule has 3 rings (SSSR count). The van der Waals surface area contributed by atoms with Crippen molar-refractivity contribution < 1.29 is 0 Å². The Kier molecular flexibility index (Phi) is 2.50. The molecule has 0 bridgehead atoms. The highest BCUT2D eigenvalue weighted by Crippen LogP contribution is 2.13. The van der Waals surface area contributed by atoms with E-state index >= 15 is 0 Å². The Morgan fingerprint density at radius 2 is 1.76 bits per heavy atom. The Balaban J connectivity index is 1.96. The molecule has 0 aliphatic carbocycles. The largest absolute Gasteiger partial charge is 0.252 e. The van der Waals surface area contributed by atoms with E-state index in [2.05, 4.69) is 27.3 Å². The van der Waals surface area contributed by atoms with Gasteiger partial charge < -0.3 is 0 Å². The van der Waals surface area contributed by atoms with Crippen molar-refractivity contribution in [1.82, 2.24) is 15.2 Å². The summed E-state index contributed by atoms with van der Waals surface area (Å²) >= 11 is 0. The maximum atomic E-state index is 4.60. The highest BCUT2D eigenvalue weighted by molar-refractivity contribution is 5.78. The number of fused-ring (bicyclic) bond motifs is 1. The summed E-state index contributed by atoms with van der Waals surface area (Å²) in [7, 11) is 0. The Labute approximate surface area is 99.2 Å². The zero-order chi connectivity index (χ0) is 11.5. The highest BCUT2D eigenvalue weighted by Gasteiger charge is 2.00. The average Bonchev–Trinajstić information content (AvgIpc) is 2.40. The number of pyridine rings is 1. The molecule has 3 nitrogen and oxygen atoms in total. The Bertz CT molecular complexity index is 635. The van der Waals surface area contributed by atoms with Crippen LogP contribution in [0.3, 0.4) is 0 Å². The van der Waals surface area contributed by atoms with E-state index in [1.807, 2.05) is 36.4 Å². The first kappa shape index (κ1) is 9.90. The summed E-state index contributed by atoms with van der Waals surface area (Å²) < 4.78 is 0. The standard InChI is InChI=1S/C14H11N3/c1-2-6-14-11(4-1)7-8-12(16-14)10-13-5-3-9-15-17-13/h1-9H,10H2. The van der Waals surface area contributed by atoms with Crippen LogP contribution in [0.5, 0.6) is 0 Å². The second-order valence-electron chi connectivity index (χ2n) is 3.89. The van der Waals surface area contributed by atoms with Gasteiger partial charge >= 0.3 is 0 Å². The number of para-hydroxylation sites is 1. The summed E-state index contributed by atoms with van der Waals surface area (Å²) in [6.45, 7) is 0. The summed E-state index contributed by atoms with van der Waals surface area (Å²) in [5, 5.41) is 9.09. The minimum atomic E-state index is 0.721. The smallest absolute Gasteiger partial charge is 0.0705 e. The van der Waals surface area contributed by atoms with Crippen LogP contribution in [0.25, 0.3) is 10.9 Å². The highest BCUT2D eigenvalue weighted by atomic mass is 15.1. The van der Waals surface area contributed by atoms with Gasteiger partial charge in [-0.1, -0.05) is 24.3 Å². The van der Waals surface area contributed by atoms with Gasteiger partial charge in [0.25, 0.3) is 0 Å². The van der Waals surface area contributed by atoms with Crippen LogP contribution in [0.4, 0.5) is 0 Å². The van der Waals surface area contributed by atoms with E-state index in [1.54, 1.807) is 6.20 Å². The van der Waals surface area contributed by atoms with E-state index in [-0.39, 0.29) is 0 Å². The molecule has 17 heavy (non-hydrogen) atoms. The van der Waals surface area contributed by atoms with E-state index in [4.69, 9.17) is 0 Å². The van der Waals surface area contributed by atoms with Crippen LogP contribution in [0, 0.1) is 0 Å². The van der Waals surface area contributed by atoms with Crippen molar-refractivity contribution in [2.75, 3.05) is 0 Å². The van der Waals surface area contributed by atoms with E-state index in [9.17, 15) is 0 Å². The molecule has 3 aromatic rings. The lowest BCUT2D eigenvalue weighted by atomic mass is 10.1. The Morgan fingerprint density at radius 3 is 2.65 bits per heavy atom. The van der Waals surface area contributed by atoms with Gasteiger partial charge in [0.2, 0.25) is 0 Å². The van der Waals surface area contributed by atoms with Crippen molar-refractivity contribution in [3.63, 3.8) is 0 Å². The molecular formula is C14H11N3. The van der Waals surface area contributed by atoms with Crippen molar-refractivity contribution in [2.24, 2.45) is 0 Å². The van der Waals surface area contributed by atoms with Gasteiger partial charge in [-0.2, -0.15) is 10.2 Å². The summed E-state index contributed by atoms with van der Waals surface area (Å²) in [4.78, 5) is 4.60. The van der Waals surface area contributed by atoms with Gasteiger partial charge in [-0.3, -0.25) is 4.98 Å². The van der Waals surface area contributed by atoms with Gasteiger partial charge in [-0.15, -0.1) is 0 Å². The van der Waals surface area contributed by atoms with Crippen molar-refractivity contribution in [1.29, 1.82) is 0 Å². The van der Waals surface area contributed by atoms with E-state index in [1.165, 1.54) is 0 Å². The summed E-state index contributed by atoms with van der Waals surface area (Å²) in [5.41, 5.74) is 2.98. The van der Waals surface area contributed by atoms with Crippen LogP contribution < -0.4 is 0 Å². The van der Waals surface area contributed by atoms with Gasteiger partial charge in [0.15, 0.2) is 0 Å². The molecule has 0 atom stereocenters. The molecule has 0 N–H and O–H groups in total. The number of benzene rings is 1. The lowest BCUT2D eigenvalue weighted by molar-refractivity contribution is 0.922. The SMILES string of the molecule is c1cnnc(Cc2ccc3ccccc3n2)c1. The molecule has 0 fully saturated rings. The Morgan fingerprint density at radius 1 is 0.824 bits per heavy atom. The van der Waals surface area contributed by atoms with Gasteiger partial charge in [-0.25, -0.2) is 0 Å². The maximum Gasteiger partial charge on any atom is 0.0705 e. The summed E-state index contributed by atoms with van der Waals surface area (Å²) in [6.07, 6.45) is 2.40. The van der Waals surface area contributed by atoms with Gasteiger partial charge in [-0.05, 0) is 24.3 Å². The van der Waals surface area contributed by atoms with Crippen molar-refractivity contribution in [3.8, 4) is 0 Å². The van der Waals surface area contributed by atoms with Crippen LogP contribution in [-0.4, -0.2) is 15.2 Å². The average molecular weight is 221 g/mol. The minimum absolute atomic E-state index is 0.721. The van der Waals surface area contributed by atoms with Gasteiger partial charge in [0.1, 0.15) is 0 Å². The minimum Gasteiger partial charge on any atom is -0.252 e. The number of rotatable bonds is 2. The third kappa shape index (κ3) is 2.13. The Hall–Kier alpha value is -2.29. The fourth-order valence-electron chi connectivity index (χ4n) is 1.82. The quantitative estimate of drug-likeness (QED) is 0.667. The predicted octanol–water partition coefficient (Wildman–Crippen LogP) is 2.62. The van der Waals surface area contributed by atoms with E-state index in [0.29, 0.717) is 0 Å². The fourth-order valence-corrected chi connectivity index (χ4v) is 1.82. The molecule has 82 valence electrons. The van der Waals surface area contributed by atoms with Gasteiger partial charge in [0, 0.05) is 23.7 Å². The third-order valence-corrected chi connectivity index (χ3v) is 2.65. The first-order chi connectivity index (χ1) is 8.42. The topological polar surface area (TPSA) is 38.7 Å². The lowest BCUT2D eigenvalue weighted by Crippen LogP contribution is -1.96. The van der Waals surface area contributed by atoms with Crippen LogP contribution in [0.15, 0.2) is 54.7 Å². The normalized spacial score (nSPS) is 10.6. The lowest BCUT2D eigenvalue weighted by Gasteiger charge is -2.01.